The summed E-state index contributed by atoms with van der Waals surface area (Å²) >= 11 is 0. The lowest BCUT2D eigenvalue weighted by molar-refractivity contribution is -0.00747. The Labute approximate surface area is 96.8 Å². The molecule has 1 aliphatic heterocycles. The highest BCUT2D eigenvalue weighted by Crippen LogP contribution is 2.32. The predicted molar refractivity (Wildman–Crippen MR) is 63.1 cm³/mol. The first-order valence-corrected chi connectivity index (χ1v) is 6.00. The molecular formula is C12H21N3O. The van der Waals surface area contributed by atoms with Crippen LogP contribution in [0.2, 0.25) is 0 Å². The Hall–Kier alpha value is -0.870. The van der Waals surface area contributed by atoms with E-state index in [0.717, 1.165) is 39.0 Å². The van der Waals surface area contributed by atoms with Gasteiger partial charge in [-0.15, -0.1) is 0 Å². The third-order valence-electron chi connectivity index (χ3n) is 3.67. The number of aryl methyl sites for hydroxylation is 2. The molecule has 1 aromatic heterocycles. The summed E-state index contributed by atoms with van der Waals surface area (Å²) in [5, 5.41) is 4.18. The van der Waals surface area contributed by atoms with Crippen molar-refractivity contribution < 1.29 is 4.74 Å². The lowest BCUT2D eigenvalue weighted by Gasteiger charge is -2.36. The van der Waals surface area contributed by atoms with Gasteiger partial charge in [0.1, 0.15) is 0 Å². The normalized spacial score (nSPS) is 25.9. The Bertz CT molecular complexity index is 329. The van der Waals surface area contributed by atoms with Crippen molar-refractivity contribution in [2.24, 2.45) is 18.2 Å². The van der Waals surface area contributed by atoms with Crippen LogP contribution in [0.25, 0.3) is 0 Å². The maximum Gasteiger partial charge on any atom is 0.0534 e. The summed E-state index contributed by atoms with van der Waals surface area (Å²) in [6, 6.07) is 2.08. The van der Waals surface area contributed by atoms with E-state index in [-0.39, 0.29) is 5.41 Å². The monoisotopic (exact) mass is 223 g/mol. The largest absolute Gasteiger partial charge is 0.381 e. The van der Waals surface area contributed by atoms with E-state index in [2.05, 4.69) is 11.2 Å². The number of aromatic nitrogens is 2. The smallest absolute Gasteiger partial charge is 0.0534 e. The average molecular weight is 223 g/mol. The second-order valence-electron chi connectivity index (χ2n) is 4.81. The van der Waals surface area contributed by atoms with Crippen molar-refractivity contribution in [2.75, 3.05) is 19.8 Å². The van der Waals surface area contributed by atoms with Gasteiger partial charge in [-0.25, -0.2) is 0 Å². The molecule has 2 heterocycles. The molecule has 1 saturated heterocycles. The number of ether oxygens (including phenoxy) is 1. The van der Waals surface area contributed by atoms with Crippen molar-refractivity contribution in [1.82, 2.24) is 9.78 Å². The molecule has 2 N–H and O–H groups in total. The van der Waals surface area contributed by atoms with Crippen LogP contribution in [0.4, 0.5) is 0 Å². The van der Waals surface area contributed by atoms with E-state index >= 15 is 0 Å². The quantitative estimate of drug-likeness (QED) is 0.832. The molecule has 1 fully saturated rings. The molecule has 16 heavy (non-hydrogen) atoms. The lowest BCUT2D eigenvalue weighted by atomic mass is 9.78. The molecule has 0 radical (unpaired) electrons. The van der Waals surface area contributed by atoms with Gasteiger partial charge in [-0.05, 0) is 31.7 Å². The van der Waals surface area contributed by atoms with E-state index in [4.69, 9.17) is 10.5 Å². The number of nitrogens with two attached hydrogens (primary N) is 1. The van der Waals surface area contributed by atoms with Crippen molar-refractivity contribution >= 4 is 0 Å². The zero-order valence-corrected chi connectivity index (χ0v) is 9.98. The first-order chi connectivity index (χ1) is 7.76. The molecule has 1 aromatic rings. The average Bonchev–Trinajstić information content (AvgIpc) is 2.74. The predicted octanol–water partition coefficient (Wildman–Crippen LogP) is 1.11. The summed E-state index contributed by atoms with van der Waals surface area (Å²) in [6.07, 6.45) is 6.33. The number of nitrogens with zero attached hydrogens (tertiary/aromatic N) is 2. The Morgan fingerprint density at radius 1 is 1.62 bits per heavy atom. The van der Waals surface area contributed by atoms with Crippen LogP contribution in [-0.4, -0.2) is 29.5 Å². The highest BCUT2D eigenvalue weighted by molar-refractivity contribution is 5.01. The summed E-state index contributed by atoms with van der Waals surface area (Å²) in [6.45, 7) is 2.44. The minimum Gasteiger partial charge on any atom is -0.381 e. The van der Waals surface area contributed by atoms with Gasteiger partial charge in [0.2, 0.25) is 0 Å². The van der Waals surface area contributed by atoms with Gasteiger partial charge in [-0.2, -0.15) is 5.10 Å². The highest BCUT2D eigenvalue weighted by Gasteiger charge is 2.31. The molecule has 0 saturated carbocycles. The van der Waals surface area contributed by atoms with Crippen molar-refractivity contribution in [3.05, 3.63) is 18.0 Å². The van der Waals surface area contributed by atoms with Crippen molar-refractivity contribution in [1.29, 1.82) is 0 Å². The molecule has 4 heteroatoms. The van der Waals surface area contributed by atoms with E-state index in [0.29, 0.717) is 0 Å². The molecule has 1 unspecified atom stereocenters. The van der Waals surface area contributed by atoms with Crippen LogP contribution in [0.15, 0.2) is 12.3 Å². The summed E-state index contributed by atoms with van der Waals surface area (Å²) in [5.41, 5.74) is 7.39. The molecule has 90 valence electrons. The SMILES string of the molecule is Cn1nccc1CCC1(CN)CCCOC1. The molecule has 1 atom stereocenters. The molecule has 0 spiro atoms. The topological polar surface area (TPSA) is 53.1 Å². The van der Waals surface area contributed by atoms with Gasteiger partial charge < -0.3 is 10.5 Å². The third-order valence-corrected chi connectivity index (χ3v) is 3.67. The Morgan fingerprint density at radius 2 is 2.50 bits per heavy atom. The zero-order chi connectivity index (χ0) is 11.4. The van der Waals surface area contributed by atoms with E-state index in [1.807, 2.05) is 17.9 Å². The fraction of sp³-hybridized carbons (Fsp3) is 0.750. The highest BCUT2D eigenvalue weighted by atomic mass is 16.5. The number of hydrogen-bond acceptors (Lipinski definition) is 3. The van der Waals surface area contributed by atoms with Crippen molar-refractivity contribution in [3.8, 4) is 0 Å². The number of rotatable bonds is 4. The van der Waals surface area contributed by atoms with Gasteiger partial charge in [0.25, 0.3) is 0 Å². The van der Waals surface area contributed by atoms with Gasteiger partial charge in [0.05, 0.1) is 6.61 Å². The summed E-state index contributed by atoms with van der Waals surface area (Å²) in [4.78, 5) is 0. The van der Waals surface area contributed by atoms with E-state index in [1.54, 1.807) is 0 Å². The fourth-order valence-electron chi connectivity index (χ4n) is 2.41. The third kappa shape index (κ3) is 2.44. The second-order valence-corrected chi connectivity index (χ2v) is 4.81. The maximum absolute atomic E-state index is 5.91. The molecular weight excluding hydrogens is 202 g/mol. The standard InChI is InChI=1S/C12H21N3O/c1-15-11(4-7-14-15)3-6-12(9-13)5-2-8-16-10-12/h4,7H,2-3,5-6,8-10,13H2,1H3. The van der Waals surface area contributed by atoms with E-state index < -0.39 is 0 Å². The van der Waals surface area contributed by atoms with Gasteiger partial charge >= 0.3 is 0 Å². The molecule has 0 aromatic carbocycles. The van der Waals surface area contributed by atoms with Crippen LogP contribution < -0.4 is 5.73 Å². The van der Waals surface area contributed by atoms with Gasteiger partial charge in [0, 0.05) is 37.5 Å². The summed E-state index contributed by atoms with van der Waals surface area (Å²) < 4.78 is 7.51. The van der Waals surface area contributed by atoms with Gasteiger partial charge in [-0.3, -0.25) is 4.68 Å². The fourth-order valence-corrected chi connectivity index (χ4v) is 2.41. The minimum absolute atomic E-state index is 0.197. The zero-order valence-electron chi connectivity index (χ0n) is 9.98. The van der Waals surface area contributed by atoms with Gasteiger partial charge in [-0.1, -0.05) is 0 Å². The molecule has 1 aliphatic rings. The lowest BCUT2D eigenvalue weighted by Crippen LogP contribution is -2.39. The maximum atomic E-state index is 5.91. The molecule has 0 aliphatic carbocycles. The number of hydrogen-bond donors (Lipinski definition) is 1. The first kappa shape index (κ1) is 11.6. The molecule has 0 bridgehead atoms. The summed E-state index contributed by atoms with van der Waals surface area (Å²) in [7, 11) is 1.99. The van der Waals surface area contributed by atoms with Crippen LogP contribution in [0, 0.1) is 5.41 Å². The Kier molecular flexibility index (Phi) is 3.61. The Morgan fingerprint density at radius 3 is 3.06 bits per heavy atom. The van der Waals surface area contributed by atoms with Crippen molar-refractivity contribution in [3.63, 3.8) is 0 Å². The van der Waals surface area contributed by atoms with Crippen LogP contribution >= 0.6 is 0 Å². The molecule has 4 nitrogen and oxygen atoms in total. The first-order valence-electron chi connectivity index (χ1n) is 6.00. The van der Waals surface area contributed by atoms with Gasteiger partial charge in [0.15, 0.2) is 0 Å². The van der Waals surface area contributed by atoms with Crippen LogP contribution in [-0.2, 0) is 18.2 Å². The van der Waals surface area contributed by atoms with E-state index in [9.17, 15) is 0 Å². The van der Waals surface area contributed by atoms with Crippen molar-refractivity contribution in [2.45, 2.75) is 25.7 Å². The van der Waals surface area contributed by atoms with Crippen LogP contribution in [0.5, 0.6) is 0 Å². The Balaban J connectivity index is 1.94. The molecule has 2 rings (SSSR count). The second kappa shape index (κ2) is 4.97. The summed E-state index contributed by atoms with van der Waals surface area (Å²) in [5.74, 6) is 0. The molecule has 0 amide bonds. The van der Waals surface area contributed by atoms with Crippen LogP contribution in [0.3, 0.4) is 0 Å². The van der Waals surface area contributed by atoms with E-state index in [1.165, 1.54) is 12.1 Å². The minimum atomic E-state index is 0.197. The van der Waals surface area contributed by atoms with Crippen LogP contribution in [0.1, 0.15) is 25.0 Å².